The van der Waals surface area contributed by atoms with E-state index in [0.29, 0.717) is 0 Å². The van der Waals surface area contributed by atoms with Gasteiger partial charge in [0.2, 0.25) is 0 Å². The number of fused-ring (bicyclic) bond motifs is 2. The number of benzene rings is 2. The van der Waals surface area contributed by atoms with E-state index >= 15 is 0 Å². The molecule has 6 heteroatoms. The van der Waals surface area contributed by atoms with Gasteiger partial charge in [-0.1, -0.05) is 29.4 Å². The smallest absolute Gasteiger partial charge is 0.180 e. The van der Waals surface area contributed by atoms with Gasteiger partial charge in [0, 0.05) is 0 Å². The molecule has 1 aliphatic heterocycles. The van der Waals surface area contributed by atoms with Crippen molar-refractivity contribution in [2.45, 2.75) is 0 Å². The summed E-state index contributed by atoms with van der Waals surface area (Å²) < 4.78 is 14.5. The number of anilines is 2. The zero-order valence-corrected chi connectivity index (χ0v) is 12.7. The summed E-state index contributed by atoms with van der Waals surface area (Å²) in [5.74, 6) is 1.76. The molecule has 3 heterocycles. The average molecular weight is 321 g/mol. The van der Waals surface area contributed by atoms with Crippen LogP contribution in [0.5, 0.6) is 11.5 Å². The predicted molar refractivity (Wildman–Crippen MR) is 89.2 cm³/mol. The highest BCUT2D eigenvalue weighted by atomic mass is 16.5. The van der Waals surface area contributed by atoms with Crippen molar-refractivity contribution < 1.29 is 13.7 Å². The number of rotatable bonds is 0. The molecule has 0 fully saturated rings. The lowest BCUT2D eigenvalue weighted by atomic mass is 10.2. The molecule has 0 amide bonds. The largest absolute Gasteiger partial charge is 0.453 e. The van der Waals surface area contributed by atoms with Crippen molar-refractivity contribution in [1.82, 2.24) is 10.1 Å². The molecule has 6 nitrogen and oxygen atoms in total. The molecular weight excluding hydrogens is 306 g/mol. The van der Waals surface area contributed by atoms with Gasteiger partial charge in [0.1, 0.15) is 12.5 Å². The molecule has 2 aromatic carbocycles. The van der Waals surface area contributed by atoms with Crippen LogP contribution in [0.4, 0.5) is 11.4 Å². The summed E-state index contributed by atoms with van der Waals surface area (Å²) in [5.41, 5.74) is 2.04. The van der Waals surface area contributed by atoms with Crippen LogP contribution in [0.15, 0.2) is 94.9 Å². The lowest BCUT2D eigenvalue weighted by Gasteiger charge is -2.20. The van der Waals surface area contributed by atoms with Crippen LogP contribution >= 0.6 is 0 Å². The minimum atomic E-state index is 0.881. The molecule has 0 saturated carbocycles. The summed E-state index contributed by atoms with van der Waals surface area (Å²) in [6.45, 7) is 0. The molecule has 0 saturated heterocycles. The molecule has 0 unspecified atom stereocenters. The topological polar surface area (TPSA) is 73.3 Å². The summed E-state index contributed by atoms with van der Waals surface area (Å²) in [7, 11) is 0. The van der Waals surface area contributed by atoms with E-state index in [1.54, 1.807) is 18.5 Å². The Morgan fingerprint density at radius 3 is 1.88 bits per heavy atom. The molecule has 0 atom stereocenters. The first-order valence-electron chi connectivity index (χ1n) is 7.23. The van der Waals surface area contributed by atoms with Crippen LogP contribution in [0.25, 0.3) is 0 Å². The van der Waals surface area contributed by atoms with Crippen molar-refractivity contribution in [3.8, 4) is 11.5 Å². The highest BCUT2D eigenvalue weighted by molar-refractivity contribution is 5.75. The number of aromatic nitrogens is 2. The first-order valence-corrected chi connectivity index (χ1v) is 7.23. The van der Waals surface area contributed by atoms with Crippen molar-refractivity contribution in [2.75, 3.05) is 5.32 Å². The Hall–Kier alpha value is -3.54. The molecule has 4 aromatic rings. The van der Waals surface area contributed by atoms with Crippen molar-refractivity contribution >= 4 is 11.4 Å². The zero-order valence-electron chi connectivity index (χ0n) is 12.7. The van der Waals surface area contributed by atoms with E-state index in [9.17, 15) is 0 Å². The molecule has 0 bridgehead atoms. The highest BCUT2D eigenvalue weighted by Gasteiger charge is 2.13. The number of ether oxygens (including phenoxy) is 1. The van der Waals surface area contributed by atoms with E-state index in [0.717, 1.165) is 22.9 Å². The molecule has 120 valence electrons. The van der Waals surface area contributed by atoms with Gasteiger partial charge in [-0.2, -0.15) is 0 Å². The fourth-order valence-corrected chi connectivity index (χ4v) is 1.93. The molecule has 1 aliphatic rings. The fourth-order valence-electron chi connectivity index (χ4n) is 1.93. The number of oxazole rings is 1. The Morgan fingerprint density at radius 2 is 1.46 bits per heavy atom. The second-order valence-electron chi connectivity index (χ2n) is 4.58. The molecule has 24 heavy (non-hydrogen) atoms. The molecule has 5 rings (SSSR count). The maximum Gasteiger partial charge on any atom is 0.180 e. The van der Waals surface area contributed by atoms with Crippen LogP contribution in [0, 0.1) is 0 Å². The summed E-state index contributed by atoms with van der Waals surface area (Å²) in [6.07, 6.45) is 7.57. The third-order valence-electron chi connectivity index (χ3n) is 2.96. The standard InChI is InChI=1S/C12H9NO.2C3H3NO/c1-3-7-11-9(5-1)13-10-6-2-4-8-12(10)14-11;1-2-5-3-4-1;1-2-4-5-3-1/h1-8,13H;2*1-3H. The van der Waals surface area contributed by atoms with Gasteiger partial charge < -0.3 is 19.0 Å². The maximum atomic E-state index is 5.71. The van der Waals surface area contributed by atoms with E-state index in [2.05, 4.69) is 24.4 Å². The minimum Gasteiger partial charge on any atom is -0.453 e. The van der Waals surface area contributed by atoms with Crippen LogP contribution in [0.1, 0.15) is 0 Å². The minimum absolute atomic E-state index is 0.881. The van der Waals surface area contributed by atoms with Crippen LogP contribution in [0.3, 0.4) is 0 Å². The average Bonchev–Trinajstić information content (AvgIpc) is 3.38. The first kappa shape index (κ1) is 15.4. The van der Waals surface area contributed by atoms with Gasteiger partial charge in [-0.25, -0.2) is 4.98 Å². The van der Waals surface area contributed by atoms with E-state index < -0.39 is 0 Å². The number of hydrogen-bond acceptors (Lipinski definition) is 6. The lowest BCUT2D eigenvalue weighted by Crippen LogP contribution is -2.01. The Balaban J connectivity index is 0.000000138. The highest BCUT2D eigenvalue weighted by Crippen LogP contribution is 2.40. The Labute approximate surface area is 138 Å². The summed E-state index contributed by atoms with van der Waals surface area (Å²) in [6, 6.07) is 17.6. The van der Waals surface area contributed by atoms with Gasteiger partial charge in [0.05, 0.1) is 23.8 Å². The maximum absolute atomic E-state index is 5.71. The molecule has 0 spiro atoms. The molecule has 2 aromatic heterocycles. The van der Waals surface area contributed by atoms with Crippen molar-refractivity contribution in [3.63, 3.8) is 0 Å². The van der Waals surface area contributed by atoms with Crippen LogP contribution in [0.2, 0.25) is 0 Å². The summed E-state index contributed by atoms with van der Waals surface area (Å²) in [4.78, 5) is 3.56. The van der Waals surface area contributed by atoms with Gasteiger partial charge in [-0.05, 0) is 30.3 Å². The van der Waals surface area contributed by atoms with Gasteiger partial charge in [-0.3, -0.25) is 0 Å². The third kappa shape index (κ3) is 4.23. The normalized spacial score (nSPS) is 10.3. The van der Waals surface area contributed by atoms with Gasteiger partial charge in [0.15, 0.2) is 17.9 Å². The van der Waals surface area contributed by atoms with Crippen LogP contribution in [-0.4, -0.2) is 10.1 Å². The SMILES string of the molecule is c1ccc2c(c1)Nc1ccccc1O2.c1cnoc1.c1cocn1. The van der Waals surface area contributed by atoms with E-state index in [-0.39, 0.29) is 0 Å². The summed E-state index contributed by atoms with van der Waals surface area (Å²) >= 11 is 0. The Bertz CT molecular complexity index is 682. The fraction of sp³-hybridized carbons (Fsp3) is 0. The molecular formula is C18H15N3O3. The summed E-state index contributed by atoms with van der Waals surface area (Å²) in [5, 5.41) is 6.66. The van der Waals surface area contributed by atoms with Crippen molar-refractivity contribution in [3.05, 3.63) is 85.9 Å². The second-order valence-corrected chi connectivity index (χ2v) is 4.58. The first-order chi connectivity index (χ1) is 11.9. The van der Waals surface area contributed by atoms with Crippen LogP contribution < -0.4 is 10.1 Å². The van der Waals surface area contributed by atoms with Gasteiger partial charge in [-0.15, -0.1) is 0 Å². The molecule has 1 N–H and O–H groups in total. The van der Waals surface area contributed by atoms with Crippen molar-refractivity contribution in [1.29, 1.82) is 0 Å². The van der Waals surface area contributed by atoms with Gasteiger partial charge >= 0.3 is 0 Å². The second kappa shape index (κ2) is 8.19. The number of nitrogens with zero attached hydrogens (tertiary/aromatic N) is 2. The van der Waals surface area contributed by atoms with Gasteiger partial charge in [0.25, 0.3) is 0 Å². The number of para-hydroxylation sites is 4. The molecule has 0 aliphatic carbocycles. The number of nitrogens with one attached hydrogen (secondary N) is 1. The Kier molecular flexibility index (Phi) is 5.24. The zero-order chi connectivity index (χ0) is 16.5. The van der Waals surface area contributed by atoms with E-state index in [1.807, 2.05) is 48.5 Å². The van der Waals surface area contributed by atoms with Crippen LogP contribution in [-0.2, 0) is 0 Å². The van der Waals surface area contributed by atoms with E-state index in [4.69, 9.17) is 4.74 Å². The quantitative estimate of drug-likeness (QED) is 0.438. The molecule has 0 radical (unpaired) electrons. The number of hydrogen-bond donors (Lipinski definition) is 1. The monoisotopic (exact) mass is 321 g/mol. The lowest BCUT2D eigenvalue weighted by molar-refractivity contribution is 0.420. The predicted octanol–water partition coefficient (Wildman–Crippen LogP) is 4.89. The third-order valence-corrected chi connectivity index (χ3v) is 2.96. The Morgan fingerprint density at radius 1 is 0.750 bits per heavy atom. The van der Waals surface area contributed by atoms with E-state index in [1.165, 1.54) is 18.9 Å². The van der Waals surface area contributed by atoms with Crippen molar-refractivity contribution in [2.24, 2.45) is 0 Å².